The van der Waals surface area contributed by atoms with Gasteiger partial charge in [-0.3, -0.25) is 9.48 Å². The van der Waals surface area contributed by atoms with Crippen molar-refractivity contribution in [2.75, 3.05) is 56.5 Å². The number of hydrogen-bond acceptors (Lipinski definition) is 9. The molecule has 3 fully saturated rings. The highest BCUT2D eigenvalue weighted by Gasteiger charge is 2.46. The fourth-order valence-electron chi connectivity index (χ4n) is 6.51. The number of anilines is 3. The Labute approximate surface area is 261 Å². The van der Waals surface area contributed by atoms with Crippen LogP contribution in [0.5, 0.6) is 0 Å². The molecule has 2 unspecified atom stereocenters. The number of pyridine rings is 1. The lowest BCUT2D eigenvalue weighted by Crippen LogP contribution is -2.56. The van der Waals surface area contributed by atoms with E-state index in [1.165, 1.54) is 0 Å². The molecule has 232 valence electrons. The number of benzene rings is 1. The molecule has 0 saturated carbocycles. The summed E-state index contributed by atoms with van der Waals surface area (Å²) in [4.78, 5) is 23.8. The molecule has 0 radical (unpaired) electrons. The maximum absolute atomic E-state index is 13.5. The van der Waals surface area contributed by atoms with E-state index in [0.717, 1.165) is 50.3 Å². The molecule has 44 heavy (non-hydrogen) atoms. The van der Waals surface area contributed by atoms with Gasteiger partial charge in [0.25, 0.3) is 0 Å². The minimum atomic E-state index is -3.49. The van der Waals surface area contributed by atoms with Gasteiger partial charge in [-0.15, -0.1) is 5.10 Å². The zero-order valence-corrected chi connectivity index (χ0v) is 26.0. The van der Waals surface area contributed by atoms with Crippen molar-refractivity contribution < 1.29 is 13.2 Å². The number of carbonyl (C=O) groups excluding carboxylic acids is 1. The van der Waals surface area contributed by atoms with Crippen LogP contribution in [0.15, 0.2) is 55.0 Å². The van der Waals surface area contributed by atoms with Crippen LogP contribution in [0.4, 0.5) is 17.3 Å². The number of piperazine rings is 2. The van der Waals surface area contributed by atoms with Gasteiger partial charge in [0.05, 0.1) is 23.3 Å². The van der Waals surface area contributed by atoms with Gasteiger partial charge < -0.3 is 20.0 Å². The first-order valence-electron chi connectivity index (χ1n) is 14.8. The van der Waals surface area contributed by atoms with Crippen molar-refractivity contribution in [3.05, 3.63) is 65.6 Å². The Hall–Kier alpha value is -3.72. The first kappa shape index (κ1) is 29.0. The Morgan fingerprint density at radius 2 is 1.77 bits per heavy atom. The molecular weight excluding hydrogens is 604 g/mol. The first-order valence-corrected chi connectivity index (χ1v) is 16.8. The number of nitrogens with one attached hydrogen (secondary N) is 1. The summed E-state index contributed by atoms with van der Waals surface area (Å²) in [5.74, 6) is 0.427. The number of aromatic nitrogens is 5. The Morgan fingerprint density at radius 1 is 1.05 bits per heavy atom. The largest absolute Gasteiger partial charge is 0.365 e. The van der Waals surface area contributed by atoms with E-state index in [2.05, 4.69) is 32.4 Å². The summed E-state index contributed by atoms with van der Waals surface area (Å²) in [5, 5.41) is 12.8. The quantitative estimate of drug-likeness (QED) is 0.310. The van der Waals surface area contributed by atoms with E-state index in [-0.39, 0.29) is 30.3 Å². The van der Waals surface area contributed by atoms with Gasteiger partial charge in [-0.05, 0) is 49.7 Å². The fraction of sp³-hybridized carbons (Fsp3) is 0.448. The first-order chi connectivity index (χ1) is 21.2. The normalized spacial score (nSPS) is 21.3. The summed E-state index contributed by atoms with van der Waals surface area (Å²) >= 11 is 5.99. The van der Waals surface area contributed by atoms with E-state index in [9.17, 15) is 13.2 Å². The van der Waals surface area contributed by atoms with Crippen LogP contribution in [0.2, 0.25) is 5.02 Å². The van der Waals surface area contributed by atoms with E-state index < -0.39 is 10.0 Å². The van der Waals surface area contributed by atoms with Gasteiger partial charge in [-0.25, -0.2) is 12.9 Å². The lowest BCUT2D eigenvalue weighted by atomic mass is 10.2. The van der Waals surface area contributed by atoms with Crippen molar-refractivity contribution in [2.24, 2.45) is 0 Å². The summed E-state index contributed by atoms with van der Waals surface area (Å²) in [7, 11) is -1.43. The molecule has 1 N–H and O–H groups in total. The third kappa shape index (κ3) is 5.86. The Balaban J connectivity index is 1.03. The molecule has 2 atom stereocenters. The maximum Gasteiger partial charge on any atom is 0.247 e. The van der Waals surface area contributed by atoms with Gasteiger partial charge in [0.15, 0.2) is 5.65 Å². The second-order valence-electron chi connectivity index (χ2n) is 11.8. The zero-order valence-electron chi connectivity index (χ0n) is 24.5. The van der Waals surface area contributed by atoms with Crippen LogP contribution in [0.25, 0.3) is 5.65 Å². The van der Waals surface area contributed by atoms with Crippen molar-refractivity contribution in [2.45, 2.75) is 37.2 Å². The second-order valence-corrected chi connectivity index (χ2v) is 14.1. The number of fused-ring (bicyclic) bond motifs is 3. The topological polar surface area (TPSA) is 124 Å². The number of likely N-dealkylation sites (N-methyl/N-ethyl adjacent to an activating group) is 1. The van der Waals surface area contributed by atoms with Crippen molar-refractivity contribution in [1.82, 2.24) is 38.5 Å². The molecule has 1 aromatic carbocycles. The Bertz CT molecular complexity index is 1750. The summed E-state index contributed by atoms with van der Waals surface area (Å²) < 4.78 is 32.1. The summed E-state index contributed by atoms with van der Waals surface area (Å²) in [5.41, 5.74) is 3.01. The molecule has 3 saturated heterocycles. The molecule has 4 aromatic rings. The molecular formula is C29H35ClN10O3S. The predicted molar refractivity (Wildman–Crippen MR) is 168 cm³/mol. The van der Waals surface area contributed by atoms with Crippen LogP contribution in [-0.4, -0.2) is 111 Å². The number of hydrogen-bond donors (Lipinski definition) is 1. The molecule has 7 rings (SSSR count). The smallest absolute Gasteiger partial charge is 0.247 e. The number of sulfonamides is 1. The predicted octanol–water partition coefficient (Wildman–Crippen LogP) is 2.28. The van der Waals surface area contributed by atoms with Crippen LogP contribution in [-0.2, 0) is 27.1 Å². The van der Waals surface area contributed by atoms with E-state index in [1.807, 2.05) is 23.2 Å². The van der Waals surface area contributed by atoms with E-state index in [4.69, 9.17) is 16.6 Å². The number of nitrogens with zero attached hydrogens (tertiary/aromatic N) is 9. The van der Waals surface area contributed by atoms with E-state index in [1.54, 1.807) is 50.2 Å². The average molecular weight is 639 g/mol. The number of rotatable bonds is 8. The van der Waals surface area contributed by atoms with Gasteiger partial charge in [0.2, 0.25) is 21.9 Å². The Kier molecular flexibility index (Phi) is 7.69. The van der Waals surface area contributed by atoms with Crippen molar-refractivity contribution in [3.8, 4) is 0 Å². The average Bonchev–Trinajstić information content (AvgIpc) is 3.70. The van der Waals surface area contributed by atoms with E-state index in [0.29, 0.717) is 35.4 Å². The molecule has 3 aromatic heterocycles. The fourth-order valence-corrected chi connectivity index (χ4v) is 8.65. The summed E-state index contributed by atoms with van der Waals surface area (Å²) in [6.07, 6.45) is 6.93. The highest BCUT2D eigenvalue weighted by Crippen LogP contribution is 2.37. The monoisotopic (exact) mass is 638 g/mol. The van der Waals surface area contributed by atoms with Gasteiger partial charge >= 0.3 is 0 Å². The third-order valence-corrected chi connectivity index (χ3v) is 10.9. The van der Waals surface area contributed by atoms with Crippen molar-refractivity contribution in [3.63, 3.8) is 0 Å². The highest BCUT2D eigenvalue weighted by molar-refractivity contribution is 7.88. The molecule has 13 nitrogen and oxygen atoms in total. The molecule has 3 aliphatic rings. The van der Waals surface area contributed by atoms with Gasteiger partial charge in [-0.2, -0.15) is 14.4 Å². The third-order valence-electron chi connectivity index (χ3n) is 8.72. The van der Waals surface area contributed by atoms with Crippen LogP contribution >= 0.6 is 11.6 Å². The molecule has 0 spiro atoms. The minimum Gasteiger partial charge on any atom is -0.365 e. The van der Waals surface area contributed by atoms with E-state index >= 15 is 0 Å². The van der Waals surface area contributed by atoms with Crippen LogP contribution in [0.1, 0.15) is 18.4 Å². The SMILES string of the molecule is CN1CCN(C(=O)Cn2cc(Nc3nc4c(N5CC6CCC(C5)N6S(=O)(=O)Cc5ccc(Cl)cc5)cccn4n3)cn2)CC1. The van der Waals surface area contributed by atoms with Crippen LogP contribution < -0.4 is 10.2 Å². The molecule has 6 heterocycles. The highest BCUT2D eigenvalue weighted by atomic mass is 35.5. The minimum absolute atomic E-state index is 0.0352. The van der Waals surface area contributed by atoms with Crippen molar-refractivity contribution in [1.29, 1.82) is 0 Å². The lowest BCUT2D eigenvalue weighted by Gasteiger charge is -2.41. The summed E-state index contributed by atoms with van der Waals surface area (Å²) in [6, 6.07) is 10.7. The van der Waals surface area contributed by atoms with Crippen LogP contribution in [0.3, 0.4) is 0 Å². The van der Waals surface area contributed by atoms with Gasteiger partial charge in [-0.1, -0.05) is 23.7 Å². The zero-order chi connectivity index (χ0) is 30.4. The molecule has 1 amide bonds. The molecule has 3 aliphatic heterocycles. The van der Waals surface area contributed by atoms with Gasteiger partial charge in [0, 0.05) is 68.8 Å². The second kappa shape index (κ2) is 11.7. The van der Waals surface area contributed by atoms with Crippen molar-refractivity contribution >= 4 is 50.5 Å². The Morgan fingerprint density at radius 3 is 2.50 bits per heavy atom. The molecule has 0 aliphatic carbocycles. The molecule has 2 bridgehead atoms. The number of halogens is 1. The summed E-state index contributed by atoms with van der Waals surface area (Å²) in [6.45, 7) is 4.55. The van der Waals surface area contributed by atoms with Gasteiger partial charge in [0.1, 0.15) is 6.54 Å². The van der Waals surface area contributed by atoms with Crippen LogP contribution in [0, 0.1) is 0 Å². The maximum atomic E-state index is 13.5. The molecule has 15 heteroatoms. The number of carbonyl (C=O) groups is 1. The number of amides is 1. The standard InChI is InChI=1S/C29H35ClN10O3S/c1-35-11-13-36(14-12-35)27(41)19-38-16-23(15-31-38)32-29-33-28-26(3-2-10-39(28)34-29)37-17-24-8-9-25(18-37)40(24)44(42,43)20-21-4-6-22(30)7-5-21/h2-7,10,15-16,24-25H,8-9,11-14,17-20H2,1H3,(H,32,34). The lowest BCUT2D eigenvalue weighted by molar-refractivity contribution is -0.133.